The topological polar surface area (TPSA) is 66.6 Å². The van der Waals surface area contributed by atoms with Gasteiger partial charge in [-0.2, -0.15) is 0 Å². The second kappa shape index (κ2) is 7.91. The number of nitrogens with two attached hydrogens (primary N) is 1. The minimum atomic E-state index is -0.428. The van der Waals surface area contributed by atoms with Gasteiger partial charge >= 0.3 is 0 Å². The van der Waals surface area contributed by atoms with Gasteiger partial charge in [0.15, 0.2) is 0 Å². The Kier molecular flexibility index (Phi) is 6.53. The number of aliphatic hydroxyl groups is 1. The molecule has 3 N–H and O–H groups in total. The Morgan fingerprint density at radius 3 is 2.80 bits per heavy atom. The van der Waals surface area contributed by atoms with Crippen LogP contribution in [0, 0.1) is 11.8 Å². The molecule has 0 aromatic heterocycles. The van der Waals surface area contributed by atoms with Crippen molar-refractivity contribution in [2.24, 2.45) is 5.73 Å². The summed E-state index contributed by atoms with van der Waals surface area (Å²) in [5.74, 6) is 5.43. The zero-order valence-electron chi connectivity index (χ0n) is 11.7. The fourth-order valence-corrected chi connectivity index (χ4v) is 1.83. The predicted octanol–water partition coefficient (Wildman–Crippen LogP) is 1.49. The van der Waals surface area contributed by atoms with Crippen molar-refractivity contribution in [3.05, 3.63) is 34.3 Å². The highest BCUT2D eigenvalue weighted by atomic mass is 35.5. The molecule has 0 radical (unpaired) electrons. The van der Waals surface area contributed by atoms with E-state index in [1.807, 2.05) is 0 Å². The van der Waals surface area contributed by atoms with Crippen LogP contribution in [0.4, 0.5) is 0 Å². The Hall–Kier alpha value is -1.54. The van der Waals surface area contributed by atoms with E-state index in [4.69, 9.17) is 17.3 Å². The zero-order chi connectivity index (χ0) is 15.1. The summed E-state index contributed by atoms with van der Waals surface area (Å²) in [6.07, 6.45) is 0.110. The lowest BCUT2D eigenvalue weighted by atomic mass is 10.1. The number of aliphatic hydroxyl groups excluding tert-OH is 1. The third-order valence-corrected chi connectivity index (χ3v) is 3.08. The van der Waals surface area contributed by atoms with E-state index in [9.17, 15) is 9.90 Å². The molecule has 1 unspecified atom stereocenters. The van der Waals surface area contributed by atoms with E-state index >= 15 is 0 Å². The molecule has 20 heavy (non-hydrogen) atoms. The van der Waals surface area contributed by atoms with Crippen LogP contribution in [-0.4, -0.2) is 42.2 Å². The molecule has 4 nitrogen and oxygen atoms in total. The van der Waals surface area contributed by atoms with Crippen LogP contribution in [-0.2, 0) is 0 Å². The van der Waals surface area contributed by atoms with Crippen LogP contribution in [0.15, 0.2) is 18.2 Å². The number of amides is 1. The van der Waals surface area contributed by atoms with Gasteiger partial charge in [0, 0.05) is 24.7 Å². The Balaban J connectivity index is 2.81. The summed E-state index contributed by atoms with van der Waals surface area (Å²) in [5.41, 5.74) is 6.46. The first kappa shape index (κ1) is 16.5. The normalized spacial score (nSPS) is 11.4. The van der Waals surface area contributed by atoms with Gasteiger partial charge in [0.1, 0.15) is 0 Å². The summed E-state index contributed by atoms with van der Waals surface area (Å²) in [5, 5.41) is 9.66. The van der Waals surface area contributed by atoms with E-state index < -0.39 is 6.10 Å². The van der Waals surface area contributed by atoms with E-state index in [1.54, 1.807) is 37.1 Å². The van der Waals surface area contributed by atoms with Crippen LogP contribution < -0.4 is 5.73 Å². The Morgan fingerprint density at radius 2 is 2.25 bits per heavy atom. The highest BCUT2D eigenvalue weighted by Gasteiger charge is 2.13. The summed E-state index contributed by atoms with van der Waals surface area (Å²) in [6.45, 7) is 2.45. The quantitative estimate of drug-likeness (QED) is 0.827. The second-order valence-electron chi connectivity index (χ2n) is 4.56. The average molecular weight is 295 g/mol. The standard InChI is InChI=1S/C15H19ClN2O2/c1-11(19)7-9-18(2)15(20)13-6-5-12(4-3-8-17)14(16)10-13/h5-6,10-11,19H,7-9,17H2,1-2H3. The van der Waals surface area contributed by atoms with Crippen molar-refractivity contribution < 1.29 is 9.90 Å². The van der Waals surface area contributed by atoms with Crippen molar-refractivity contribution in [1.82, 2.24) is 4.90 Å². The third kappa shape index (κ3) is 4.86. The van der Waals surface area contributed by atoms with Gasteiger partial charge in [-0.05, 0) is 31.5 Å². The van der Waals surface area contributed by atoms with E-state index in [2.05, 4.69) is 11.8 Å². The van der Waals surface area contributed by atoms with Crippen molar-refractivity contribution in [2.75, 3.05) is 20.1 Å². The maximum atomic E-state index is 12.2. The molecule has 1 atom stereocenters. The molecule has 1 amide bonds. The number of halogens is 1. The van der Waals surface area contributed by atoms with Gasteiger partial charge in [0.25, 0.3) is 5.91 Å². The van der Waals surface area contributed by atoms with Gasteiger partial charge in [0.2, 0.25) is 0 Å². The maximum Gasteiger partial charge on any atom is 0.253 e. The molecule has 0 aliphatic heterocycles. The molecule has 0 saturated carbocycles. The van der Waals surface area contributed by atoms with Crippen LogP contribution in [0.25, 0.3) is 0 Å². The molecule has 1 aromatic carbocycles. The Morgan fingerprint density at radius 1 is 1.55 bits per heavy atom. The molecule has 0 aliphatic carbocycles. The fourth-order valence-electron chi connectivity index (χ4n) is 1.60. The predicted molar refractivity (Wildman–Crippen MR) is 80.6 cm³/mol. The monoisotopic (exact) mass is 294 g/mol. The molecule has 0 spiro atoms. The van der Waals surface area contributed by atoms with Gasteiger partial charge in [-0.25, -0.2) is 0 Å². The van der Waals surface area contributed by atoms with Crippen molar-refractivity contribution in [1.29, 1.82) is 0 Å². The Labute approximate surface area is 124 Å². The van der Waals surface area contributed by atoms with E-state index in [-0.39, 0.29) is 12.5 Å². The molecule has 1 aromatic rings. The molecular weight excluding hydrogens is 276 g/mol. The molecule has 0 fully saturated rings. The van der Waals surface area contributed by atoms with Gasteiger partial charge < -0.3 is 15.7 Å². The van der Waals surface area contributed by atoms with Crippen molar-refractivity contribution >= 4 is 17.5 Å². The number of hydrogen-bond acceptors (Lipinski definition) is 3. The van der Waals surface area contributed by atoms with Gasteiger partial charge in [-0.1, -0.05) is 23.4 Å². The molecule has 1 rings (SSSR count). The molecule has 5 heteroatoms. The number of nitrogens with zero attached hydrogens (tertiary/aromatic N) is 1. The summed E-state index contributed by atoms with van der Waals surface area (Å²) in [7, 11) is 1.70. The van der Waals surface area contributed by atoms with E-state index in [1.165, 1.54) is 0 Å². The molecule has 0 aliphatic rings. The minimum Gasteiger partial charge on any atom is -0.393 e. The number of rotatable bonds is 4. The van der Waals surface area contributed by atoms with Crippen LogP contribution >= 0.6 is 11.6 Å². The van der Waals surface area contributed by atoms with Crippen LogP contribution in [0.5, 0.6) is 0 Å². The van der Waals surface area contributed by atoms with E-state index in [0.29, 0.717) is 29.1 Å². The number of carbonyl (C=O) groups is 1. The lowest BCUT2D eigenvalue weighted by Crippen LogP contribution is -2.29. The Bertz CT molecular complexity index is 532. The third-order valence-electron chi connectivity index (χ3n) is 2.77. The smallest absolute Gasteiger partial charge is 0.253 e. The SMILES string of the molecule is CC(O)CCN(C)C(=O)c1ccc(C#CCN)c(Cl)c1. The number of carbonyl (C=O) groups excluding carboxylic acids is 1. The first-order chi connectivity index (χ1) is 9.45. The van der Waals surface area contributed by atoms with Crippen molar-refractivity contribution in [2.45, 2.75) is 19.4 Å². The van der Waals surface area contributed by atoms with Crippen LogP contribution in [0.3, 0.4) is 0 Å². The number of benzene rings is 1. The van der Waals surface area contributed by atoms with Crippen LogP contribution in [0.1, 0.15) is 29.3 Å². The average Bonchev–Trinajstić information content (AvgIpc) is 2.42. The highest BCUT2D eigenvalue weighted by Crippen LogP contribution is 2.18. The first-order valence-corrected chi connectivity index (χ1v) is 6.75. The summed E-state index contributed by atoms with van der Waals surface area (Å²) in [4.78, 5) is 13.7. The zero-order valence-corrected chi connectivity index (χ0v) is 12.4. The van der Waals surface area contributed by atoms with Crippen molar-refractivity contribution in [3.8, 4) is 11.8 Å². The lowest BCUT2D eigenvalue weighted by Gasteiger charge is -2.18. The molecule has 0 bridgehead atoms. The second-order valence-corrected chi connectivity index (χ2v) is 4.97. The molecule has 0 heterocycles. The number of hydrogen-bond donors (Lipinski definition) is 2. The van der Waals surface area contributed by atoms with E-state index in [0.717, 1.165) is 0 Å². The molecular formula is C15H19ClN2O2. The molecule has 0 saturated heterocycles. The first-order valence-electron chi connectivity index (χ1n) is 6.37. The van der Waals surface area contributed by atoms with Crippen LogP contribution in [0.2, 0.25) is 5.02 Å². The summed E-state index contributed by atoms with van der Waals surface area (Å²) in [6, 6.07) is 5.00. The summed E-state index contributed by atoms with van der Waals surface area (Å²) >= 11 is 6.09. The van der Waals surface area contributed by atoms with Crippen molar-refractivity contribution in [3.63, 3.8) is 0 Å². The lowest BCUT2D eigenvalue weighted by molar-refractivity contribution is 0.0769. The van der Waals surface area contributed by atoms with Gasteiger partial charge in [0.05, 0.1) is 17.7 Å². The fraction of sp³-hybridized carbons (Fsp3) is 0.400. The van der Waals surface area contributed by atoms with Gasteiger partial charge in [-0.15, -0.1) is 0 Å². The minimum absolute atomic E-state index is 0.133. The largest absolute Gasteiger partial charge is 0.393 e. The molecule has 108 valence electrons. The summed E-state index contributed by atoms with van der Waals surface area (Å²) < 4.78 is 0. The van der Waals surface area contributed by atoms with Gasteiger partial charge in [-0.3, -0.25) is 4.79 Å². The maximum absolute atomic E-state index is 12.2. The highest BCUT2D eigenvalue weighted by molar-refractivity contribution is 6.32.